The van der Waals surface area contributed by atoms with Crippen LogP contribution in [0.4, 0.5) is 0 Å². The Morgan fingerprint density at radius 1 is 1.31 bits per heavy atom. The Balaban J connectivity index is 0.00000243. The fourth-order valence-corrected chi connectivity index (χ4v) is 3.02. The first-order chi connectivity index (χ1) is 12.2. The van der Waals surface area contributed by atoms with Gasteiger partial charge in [-0.05, 0) is 37.1 Å². The van der Waals surface area contributed by atoms with Crippen molar-refractivity contribution in [1.82, 2.24) is 5.32 Å². The van der Waals surface area contributed by atoms with Crippen molar-refractivity contribution < 1.29 is 9.47 Å². The molecule has 1 unspecified atom stereocenters. The smallest absolute Gasteiger partial charge is 0.189 e. The van der Waals surface area contributed by atoms with E-state index in [1.54, 1.807) is 0 Å². The van der Waals surface area contributed by atoms with Gasteiger partial charge in [0.2, 0.25) is 0 Å². The van der Waals surface area contributed by atoms with E-state index in [1.165, 1.54) is 0 Å². The van der Waals surface area contributed by atoms with Gasteiger partial charge in [0.1, 0.15) is 11.5 Å². The number of hydrogen-bond acceptors (Lipinski definition) is 3. The zero-order chi connectivity index (χ0) is 17.6. The number of rotatable bonds is 5. The van der Waals surface area contributed by atoms with Gasteiger partial charge in [-0.25, -0.2) is 4.99 Å². The van der Waals surface area contributed by atoms with Crippen LogP contribution in [-0.4, -0.2) is 19.2 Å². The lowest BCUT2D eigenvalue weighted by atomic mass is 10.0. The summed E-state index contributed by atoms with van der Waals surface area (Å²) in [5.74, 6) is 2.29. The van der Waals surface area contributed by atoms with Gasteiger partial charge in [-0.15, -0.1) is 24.0 Å². The molecule has 5 nitrogen and oxygen atoms in total. The number of nitrogens with two attached hydrogens (primary N) is 1. The highest BCUT2D eigenvalue weighted by atomic mass is 127. The second-order valence-electron chi connectivity index (χ2n) is 6.11. The predicted octanol–water partition coefficient (Wildman–Crippen LogP) is 3.94. The standard InChI is InChI=1S/C20H25N3O2.HI/c1-3-24-18-9-8-15(12-14(18)2)13-22-20(21)23-17-10-11-25-19-7-5-4-6-16(17)19;/h4-9,12,17H,3,10-11,13H2,1-2H3,(H3,21,22,23);1H. The lowest BCUT2D eigenvalue weighted by Gasteiger charge is -2.26. The van der Waals surface area contributed by atoms with Crippen molar-refractivity contribution in [1.29, 1.82) is 0 Å². The lowest BCUT2D eigenvalue weighted by molar-refractivity contribution is 0.262. The van der Waals surface area contributed by atoms with Crippen LogP contribution in [0.25, 0.3) is 0 Å². The average Bonchev–Trinajstić information content (AvgIpc) is 2.62. The largest absolute Gasteiger partial charge is 0.494 e. The van der Waals surface area contributed by atoms with Gasteiger partial charge in [0.15, 0.2) is 5.96 Å². The molecule has 0 aliphatic carbocycles. The first kappa shape index (κ1) is 20.4. The van der Waals surface area contributed by atoms with Crippen LogP contribution in [0.15, 0.2) is 47.5 Å². The van der Waals surface area contributed by atoms with Gasteiger partial charge >= 0.3 is 0 Å². The second-order valence-corrected chi connectivity index (χ2v) is 6.11. The summed E-state index contributed by atoms with van der Waals surface area (Å²) in [5, 5.41) is 3.31. The number of aliphatic imine (C=N–C) groups is 1. The summed E-state index contributed by atoms with van der Waals surface area (Å²) in [6, 6.07) is 14.3. The van der Waals surface area contributed by atoms with Crippen LogP contribution in [0.5, 0.6) is 11.5 Å². The van der Waals surface area contributed by atoms with Gasteiger partial charge in [-0.1, -0.05) is 30.3 Å². The number of nitrogens with one attached hydrogen (secondary N) is 1. The maximum Gasteiger partial charge on any atom is 0.189 e. The number of para-hydroxylation sites is 1. The fraction of sp³-hybridized carbons (Fsp3) is 0.350. The van der Waals surface area contributed by atoms with Gasteiger partial charge in [-0.3, -0.25) is 0 Å². The number of hydrogen-bond donors (Lipinski definition) is 2. The summed E-state index contributed by atoms with van der Waals surface area (Å²) in [6.07, 6.45) is 0.870. The van der Waals surface area contributed by atoms with Gasteiger partial charge in [-0.2, -0.15) is 0 Å². The van der Waals surface area contributed by atoms with E-state index in [9.17, 15) is 0 Å². The summed E-state index contributed by atoms with van der Waals surface area (Å²) in [7, 11) is 0. The molecule has 0 saturated heterocycles. The second kappa shape index (κ2) is 9.66. The number of ether oxygens (including phenoxy) is 2. The molecule has 0 aromatic heterocycles. The molecule has 1 heterocycles. The van der Waals surface area contributed by atoms with E-state index in [0.29, 0.717) is 25.7 Å². The van der Waals surface area contributed by atoms with E-state index in [-0.39, 0.29) is 30.0 Å². The summed E-state index contributed by atoms with van der Waals surface area (Å²) in [6.45, 7) is 5.91. The molecule has 0 spiro atoms. The molecule has 0 bridgehead atoms. The Kier molecular flexibility index (Phi) is 7.56. The fourth-order valence-electron chi connectivity index (χ4n) is 3.02. The van der Waals surface area contributed by atoms with Gasteiger partial charge < -0.3 is 20.5 Å². The van der Waals surface area contributed by atoms with Crippen LogP contribution >= 0.6 is 24.0 Å². The van der Waals surface area contributed by atoms with E-state index in [2.05, 4.69) is 22.4 Å². The molecular formula is C20H26IN3O2. The number of halogens is 1. The van der Waals surface area contributed by atoms with Crippen molar-refractivity contribution in [2.75, 3.05) is 13.2 Å². The van der Waals surface area contributed by atoms with Crippen molar-refractivity contribution >= 4 is 29.9 Å². The van der Waals surface area contributed by atoms with Gasteiger partial charge in [0.05, 0.1) is 25.8 Å². The van der Waals surface area contributed by atoms with Crippen molar-refractivity contribution in [2.45, 2.75) is 32.9 Å². The first-order valence-corrected chi connectivity index (χ1v) is 8.68. The maximum absolute atomic E-state index is 6.10. The Labute approximate surface area is 172 Å². The molecule has 1 aliphatic rings. The van der Waals surface area contributed by atoms with Crippen LogP contribution in [0.2, 0.25) is 0 Å². The molecule has 26 heavy (non-hydrogen) atoms. The molecule has 1 aliphatic heterocycles. The van der Waals surface area contributed by atoms with Gasteiger partial charge in [0, 0.05) is 12.0 Å². The molecule has 2 aromatic rings. The number of benzene rings is 2. The molecule has 0 saturated carbocycles. The van der Waals surface area contributed by atoms with E-state index >= 15 is 0 Å². The Bertz CT molecular complexity index is 764. The quantitative estimate of drug-likeness (QED) is 0.397. The molecule has 1 atom stereocenters. The highest BCUT2D eigenvalue weighted by molar-refractivity contribution is 14.0. The average molecular weight is 467 g/mol. The summed E-state index contributed by atoms with van der Waals surface area (Å²) in [5.41, 5.74) is 9.45. The molecule has 0 radical (unpaired) electrons. The van der Waals surface area contributed by atoms with E-state index in [1.807, 2.05) is 44.2 Å². The summed E-state index contributed by atoms with van der Waals surface area (Å²) >= 11 is 0. The molecule has 2 aromatic carbocycles. The third-order valence-corrected chi connectivity index (χ3v) is 4.25. The van der Waals surface area contributed by atoms with Gasteiger partial charge in [0.25, 0.3) is 0 Å². The van der Waals surface area contributed by atoms with Crippen molar-refractivity contribution in [3.8, 4) is 11.5 Å². The number of guanidine groups is 1. The molecule has 0 amide bonds. The molecule has 6 heteroatoms. The maximum atomic E-state index is 6.10. The van der Waals surface area contributed by atoms with E-state index in [4.69, 9.17) is 15.2 Å². The highest BCUT2D eigenvalue weighted by Gasteiger charge is 2.21. The number of fused-ring (bicyclic) bond motifs is 1. The minimum atomic E-state index is 0. The van der Waals surface area contributed by atoms with Crippen molar-refractivity contribution in [3.05, 3.63) is 59.2 Å². The van der Waals surface area contributed by atoms with Crippen LogP contribution in [0, 0.1) is 6.92 Å². The Morgan fingerprint density at radius 3 is 2.88 bits per heavy atom. The van der Waals surface area contributed by atoms with Crippen LogP contribution in [-0.2, 0) is 6.54 Å². The first-order valence-electron chi connectivity index (χ1n) is 8.68. The zero-order valence-electron chi connectivity index (χ0n) is 15.2. The minimum Gasteiger partial charge on any atom is -0.494 e. The molecule has 0 fully saturated rings. The molecule has 3 rings (SSSR count). The SMILES string of the molecule is CCOc1ccc(CN=C(N)NC2CCOc3ccccc32)cc1C.I. The van der Waals surface area contributed by atoms with E-state index in [0.717, 1.165) is 34.6 Å². The van der Waals surface area contributed by atoms with Crippen molar-refractivity contribution in [3.63, 3.8) is 0 Å². The lowest BCUT2D eigenvalue weighted by Crippen LogP contribution is -2.37. The molecular weight excluding hydrogens is 441 g/mol. The topological polar surface area (TPSA) is 68.9 Å². The van der Waals surface area contributed by atoms with Crippen LogP contribution in [0.1, 0.15) is 36.1 Å². The number of nitrogens with zero attached hydrogens (tertiary/aromatic N) is 1. The Hall–Kier alpha value is -1.96. The summed E-state index contributed by atoms with van der Waals surface area (Å²) in [4.78, 5) is 4.48. The molecule has 140 valence electrons. The van der Waals surface area contributed by atoms with E-state index < -0.39 is 0 Å². The minimum absolute atomic E-state index is 0. The van der Waals surface area contributed by atoms with Crippen LogP contribution < -0.4 is 20.5 Å². The third kappa shape index (κ3) is 5.03. The zero-order valence-corrected chi connectivity index (χ0v) is 17.5. The summed E-state index contributed by atoms with van der Waals surface area (Å²) < 4.78 is 11.2. The number of aryl methyl sites for hydroxylation is 1. The van der Waals surface area contributed by atoms with Crippen molar-refractivity contribution in [2.24, 2.45) is 10.7 Å². The van der Waals surface area contributed by atoms with Crippen LogP contribution in [0.3, 0.4) is 0 Å². The predicted molar refractivity (Wildman–Crippen MR) is 116 cm³/mol. The Morgan fingerprint density at radius 2 is 2.12 bits per heavy atom. The highest BCUT2D eigenvalue weighted by Crippen LogP contribution is 2.31. The third-order valence-electron chi connectivity index (χ3n) is 4.25. The monoisotopic (exact) mass is 467 g/mol. The molecule has 3 N–H and O–H groups in total. The normalized spacial score (nSPS) is 16.1.